The fourth-order valence-electron chi connectivity index (χ4n) is 2.02. The van der Waals surface area contributed by atoms with Gasteiger partial charge in [-0.25, -0.2) is 9.37 Å². The number of rotatable bonds is 8. The molecule has 6 heteroatoms. The molecule has 1 N–H and O–H groups in total. The van der Waals surface area contributed by atoms with E-state index in [-0.39, 0.29) is 11.7 Å². The summed E-state index contributed by atoms with van der Waals surface area (Å²) in [6.07, 6.45) is 5.90. The van der Waals surface area contributed by atoms with Crippen molar-refractivity contribution in [2.75, 3.05) is 6.54 Å². The molecule has 0 saturated carbocycles. The summed E-state index contributed by atoms with van der Waals surface area (Å²) < 4.78 is 20.9. The van der Waals surface area contributed by atoms with Crippen molar-refractivity contribution in [3.63, 3.8) is 0 Å². The maximum absolute atomic E-state index is 13.5. The average Bonchev–Trinajstić information content (AvgIpc) is 3.04. The number of nitrogens with zero attached hydrogens (tertiary/aromatic N) is 2. The van der Waals surface area contributed by atoms with Crippen LogP contribution in [0.2, 0.25) is 0 Å². The molecule has 0 radical (unpaired) electrons. The SMILES string of the molecule is CC[C@H](Oc1ccccc1F)C(=O)NCCCn1ccnc1. The third-order valence-electron chi connectivity index (χ3n) is 3.22. The predicted octanol–water partition coefficient (Wildman–Crippen LogP) is 2.39. The zero-order valence-corrected chi connectivity index (χ0v) is 12.5. The quantitative estimate of drug-likeness (QED) is 0.762. The smallest absolute Gasteiger partial charge is 0.261 e. The number of carbonyl (C=O) groups excluding carboxylic acids is 1. The monoisotopic (exact) mass is 305 g/mol. The lowest BCUT2D eigenvalue weighted by Gasteiger charge is -2.17. The summed E-state index contributed by atoms with van der Waals surface area (Å²) in [5.74, 6) is -0.590. The van der Waals surface area contributed by atoms with E-state index in [9.17, 15) is 9.18 Å². The molecule has 1 atom stereocenters. The molecule has 0 saturated heterocycles. The Bertz CT molecular complexity index is 587. The van der Waals surface area contributed by atoms with Gasteiger partial charge in [-0.05, 0) is 25.0 Å². The predicted molar refractivity (Wildman–Crippen MR) is 81.0 cm³/mol. The van der Waals surface area contributed by atoms with E-state index in [1.807, 2.05) is 17.7 Å². The van der Waals surface area contributed by atoms with Gasteiger partial charge in [0.1, 0.15) is 0 Å². The van der Waals surface area contributed by atoms with Crippen molar-refractivity contribution < 1.29 is 13.9 Å². The molecular weight excluding hydrogens is 285 g/mol. The maximum atomic E-state index is 13.5. The van der Waals surface area contributed by atoms with E-state index in [1.54, 1.807) is 24.7 Å². The Balaban J connectivity index is 1.77. The van der Waals surface area contributed by atoms with Gasteiger partial charge in [-0.3, -0.25) is 4.79 Å². The third-order valence-corrected chi connectivity index (χ3v) is 3.22. The van der Waals surface area contributed by atoms with E-state index in [0.717, 1.165) is 13.0 Å². The molecular formula is C16H20FN3O2. The molecule has 2 rings (SSSR count). The first kappa shape index (κ1) is 16.0. The molecule has 1 aromatic heterocycles. The van der Waals surface area contributed by atoms with Crippen molar-refractivity contribution in [2.24, 2.45) is 0 Å². The highest BCUT2D eigenvalue weighted by Gasteiger charge is 2.19. The van der Waals surface area contributed by atoms with Gasteiger partial charge in [0.25, 0.3) is 5.91 Å². The van der Waals surface area contributed by atoms with Gasteiger partial charge in [0.05, 0.1) is 6.33 Å². The van der Waals surface area contributed by atoms with Crippen LogP contribution in [0.3, 0.4) is 0 Å². The molecule has 0 bridgehead atoms. The number of imidazole rings is 1. The summed E-state index contributed by atoms with van der Waals surface area (Å²) in [5.41, 5.74) is 0. The van der Waals surface area contributed by atoms with Crippen molar-refractivity contribution in [3.05, 3.63) is 48.8 Å². The number of carbonyl (C=O) groups is 1. The van der Waals surface area contributed by atoms with E-state index < -0.39 is 11.9 Å². The molecule has 5 nitrogen and oxygen atoms in total. The maximum Gasteiger partial charge on any atom is 0.261 e. The second kappa shape index (κ2) is 8.17. The fourth-order valence-corrected chi connectivity index (χ4v) is 2.02. The van der Waals surface area contributed by atoms with Crippen LogP contribution in [0, 0.1) is 5.82 Å². The topological polar surface area (TPSA) is 56.1 Å². The van der Waals surface area contributed by atoms with Crippen LogP contribution in [0.1, 0.15) is 19.8 Å². The zero-order valence-electron chi connectivity index (χ0n) is 12.5. The lowest BCUT2D eigenvalue weighted by molar-refractivity contribution is -0.128. The molecule has 0 aliphatic heterocycles. The third kappa shape index (κ3) is 4.58. The first-order valence-corrected chi connectivity index (χ1v) is 7.35. The highest BCUT2D eigenvalue weighted by Crippen LogP contribution is 2.18. The first-order valence-electron chi connectivity index (χ1n) is 7.35. The molecule has 1 amide bonds. The average molecular weight is 305 g/mol. The van der Waals surface area contributed by atoms with Crippen molar-refractivity contribution in [1.29, 1.82) is 0 Å². The van der Waals surface area contributed by atoms with Crippen molar-refractivity contribution in [1.82, 2.24) is 14.9 Å². The van der Waals surface area contributed by atoms with Gasteiger partial charge in [-0.1, -0.05) is 19.1 Å². The lowest BCUT2D eigenvalue weighted by Crippen LogP contribution is -2.38. The normalized spacial score (nSPS) is 11.9. The standard InChI is InChI=1S/C16H20FN3O2/c1-2-14(22-15-7-4-3-6-13(15)17)16(21)19-8-5-10-20-11-9-18-12-20/h3-4,6-7,9,11-12,14H,2,5,8,10H2,1H3,(H,19,21)/t14-/m0/s1. The second-order valence-electron chi connectivity index (χ2n) is 4.89. The summed E-state index contributed by atoms with van der Waals surface area (Å²) in [7, 11) is 0. The molecule has 0 unspecified atom stereocenters. The van der Waals surface area contributed by atoms with Crippen LogP contribution in [0.15, 0.2) is 43.0 Å². The summed E-state index contributed by atoms with van der Waals surface area (Å²) in [4.78, 5) is 16.0. The number of aromatic nitrogens is 2. The van der Waals surface area contributed by atoms with E-state index in [1.165, 1.54) is 12.1 Å². The Kier molecular flexibility index (Phi) is 5.94. The molecule has 0 spiro atoms. The van der Waals surface area contributed by atoms with Gasteiger partial charge in [-0.2, -0.15) is 0 Å². The molecule has 0 aliphatic rings. The van der Waals surface area contributed by atoms with Crippen LogP contribution in [0.4, 0.5) is 4.39 Å². The van der Waals surface area contributed by atoms with Gasteiger partial charge < -0.3 is 14.6 Å². The van der Waals surface area contributed by atoms with Gasteiger partial charge in [0, 0.05) is 25.5 Å². The van der Waals surface area contributed by atoms with Crippen LogP contribution in [-0.2, 0) is 11.3 Å². The van der Waals surface area contributed by atoms with E-state index in [4.69, 9.17) is 4.74 Å². The molecule has 2 aromatic rings. The Morgan fingerprint density at radius 3 is 2.95 bits per heavy atom. The van der Waals surface area contributed by atoms with Crippen molar-refractivity contribution in [3.8, 4) is 5.75 Å². The van der Waals surface area contributed by atoms with Gasteiger partial charge in [-0.15, -0.1) is 0 Å². The summed E-state index contributed by atoms with van der Waals surface area (Å²) in [6, 6.07) is 6.09. The number of hydrogen-bond donors (Lipinski definition) is 1. The Morgan fingerprint density at radius 1 is 1.45 bits per heavy atom. The molecule has 22 heavy (non-hydrogen) atoms. The van der Waals surface area contributed by atoms with E-state index in [0.29, 0.717) is 13.0 Å². The van der Waals surface area contributed by atoms with Gasteiger partial charge >= 0.3 is 0 Å². The molecule has 0 aliphatic carbocycles. The highest BCUT2D eigenvalue weighted by molar-refractivity contribution is 5.81. The Hall–Kier alpha value is -2.37. The lowest BCUT2D eigenvalue weighted by atomic mass is 10.2. The summed E-state index contributed by atoms with van der Waals surface area (Å²) >= 11 is 0. The van der Waals surface area contributed by atoms with Crippen LogP contribution >= 0.6 is 0 Å². The molecule has 1 heterocycles. The minimum atomic E-state index is -0.690. The number of hydrogen-bond acceptors (Lipinski definition) is 3. The van der Waals surface area contributed by atoms with Crippen LogP contribution < -0.4 is 10.1 Å². The number of benzene rings is 1. The second-order valence-corrected chi connectivity index (χ2v) is 4.89. The molecule has 1 aromatic carbocycles. The van der Waals surface area contributed by atoms with E-state index >= 15 is 0 Å². The minimum Gasteiger partial charge on any atom is -0.478 e. The van der Waals surface area contributed by atoms with E-state index in [2.05, 4.69) is 10.3 Å². The Morgan fingerprint density at radius 2 is 2.27 bits per heavy atom. The Labute approximate surface area is 129 Å². The number of aryl methyl sites for hydroxylation is 1. The van der Waals surface area contributed by atoms with Gasteiger partial charge in [0.15, 0.2) is 17.7 Å². The number of halogens is 1. The van der Waals surface area contributed by atoms with Crippen molar-refractivity contribution in [2.45, 2.75) is 32.4 Å². The minimum absolute atomic E-state index is 0.0999. The number of amides is 1. The van der Waals surface area contributed by atoms with Crippen LogP contribution in [0.25, 0.3) is 0 Å². The van der Waals surface area contributed by atoms with Crippen molar-refractivity contribution >= 4 is 5.91 Å². The molecule has 118 valence electrons. The number of ether oxygens (including phenoxy) is 1. The number of nitrogens with one attached hydrogen (secondary N) is 1. The first-order chi connectivity index (χ1) is 10.7. The zero-order chi connectivity index (χ0) is 15.8. The number of para-hydroxylation sites is 1. The largest absolute Gasteiger partial charge is 0.478 e. The summed E-state index contributed by atoms with van der Waals surface area (Å²) in [6.45, 7) is 3.15. The molecule has 0 fully saturated rings. The highest BCUT2D eigenvalue weighted by atomic mass is 19.1. The fraction of sp³-hybridized carbons (Fsp3) is 0.375. The summed E-state index contributed by atoms with van der Waals surface area (Å²) in [5, 5.41) is 2.82. The van der Waals surface area contributed by atoms with Crippen LogP contribution in [0.5, 0.6) is 5.75 Å². The van der Waals surface area contributed by atoms with Gasteiger partial charge in [0.2, 0.25) is 0 Å². The van der Waals surface area contributed by atoms with Crippen LogP contribution in [-0.4, -0.2) is 28.1 Å².